The highest BCUT2D eigenvalue weighted by Gasteiger charge is 2.45. The van der Waals surface area contributed by atoms with Gasteiger partial charge in [0.1, 0.15) is 6.20 Å². The van der Waals surface area contributed by atoms with E-state index in [1.165, 1.54) is 18.3 Å². The van der Waals surface area contributed by atoms with E-state index in [0.29, 0.717) is 38.3 Å². The van der Waals surface area contributed by atoms with Crippen LogP contribution in [-0.4, -0.2) is 62.5 Å². The Morgan fingerprint density at radius 3 is 2.47 bits per heavy atom. The summed E-state index contributed by atoms with van der Waals surface area (Å²) in [4.78, 5) is 16.3. The normalized spacial score (nSPS) is 22.3. The summed E-state index contributed by atoms with van der Waals surface area (Å²) in [6, 6.07) is 5.07. The van der Waals surface area contributed by atoms with E-state index in [1.54, 1.807) is 10.8 Å². The molecule has 0 aliphatic carbocycles. The van der Waals surface area contributed by atoms with Gasteiger partial charge >= 0.3 is 18.0 Å². The highest BCUT2D eigenvalue weighted by Crippen LogP contribution is 2.33. The van der Waals surface area contributed by atoms with Crippen LogP contribution in [0.15, 0.2) is 35.6 Å². The van der Waals surface area contributed by atoms with Crippen LogP contribution in [0, 0.1) is 10.1 Å². The zero-order chi connectivity index (χ0) is 21.5. The summed E-state index contributed by atoms with van der Waals surface area (Å²) < 4.78 is 45.4. The molecule has 0 radical (unpaired) electrons. The van der Waals surface area contributed by atoms with Crippen molar-refractivity contribution in [3.8, 4) is 6.01 Å². The van der Waals surface area contributed by atoms with E-state index in [-0.39, 0.29) is 11.8 Å². The van der Waals surface area contributed by atoms with Gasteiger partial charge < -0.3 is 14.9 Å². The molecular formula is C18H19F3N6O3. The van der Waals surface area contributed by atoms with Crippen LogP contribution in [0.3, 0.4) is 0 Å². The Kier molecular flexibility index (Phi) is 4.88. The van der Waals surface area contributed by atoms with Crippen LogP contribution in [0.4, 0.5) is 19.0 Å². The molecular weight excluding hydrogens is 405 g/mol. The molecule has 12 heteroatoms. The average Bonchev–Trinajstić information content (AvgIpc) is 3.22. The first-order valence-electron chi connectivity index (χ1n) is 9.26. The van der Waals surface area contributed by atoms with E-state index >= 15 is 0 Å². The lowest BCUT2D eigenvalue weighted by Gasteiger charge is -2.41. The third-order valence-electron chi connectivity index (χ3n) is 5.22. The number of halogens is 3. The van der Waals surface area contributed by atoms with E-state index < -0.39 is 22.4 Å². The maximum Gasteiger partial charge on any atom is 0.416 e. The second kappa shape index (κ2) is 7.27. The molecule has 1 fully saturated rings. The zero-order valence-corrected chi connectivity index (χ0v) is 16.0. The first kappa shape index (κ1) is 20.1. The van der Waals surface area contributed by atoms with Crippen molar-refractivity contribution >= 4 is 12.0 Å². The van der Waals surface area contributed by atoms with Gasteiger partial charge in [0.15, 0.2) is 5.72 Å². The topological polar surface area (TPSA) is 89.0 Å². The molecule has 1 aromatic carbocycles. The van der Waals surface area contributed by atoms with Gasteiger partial charge in [0.25, 0.3) is 0 Å². The van der Waals surface area contributed by atoms with Crippen molar-refractivity contribution in [3.63, 3.8) is 0 Å². The third kappa shape index (κ3) is 3.95. The number of nitrogens with zero attached hydrogens (tertiary/aromatic N) is 6. The molecule has 2 aliphatic heterocycles. The van der Waals surface area contributed by atoms with Crippen LogP contribution in [0.5, 0.6) is 6.01 Å². The van der Waals surface area contributed by atoms with Gasteiger partial charge in [-0.1, -0.05) is 12.1 Å². The summed E-state index contributed by atoms with van der Waals surface area (Å²) in [6.45, 7) is 4.85. The van der Waals surface area contributed by atoms with Crippen molar-refractivity contribution in [2.75, 3.05) is 26.2 Å². The van der Waals surface area contributed by atoms with Crippen LogP contribution < -0.4 is 4.74 Å². The number of hydrogen-bond acceptors (Lipinski definition) is 7. The van der Waals surface area contributed by atoms with Crippen LogP contribution in [0.2, 0.25) is 0 Å². The Bertz CT molecular complexity index is 941. The van der Waals surface area contributed by atoms with Gasteiger partial charge in [-0.25, -0.2) is 0 Å². The second-order valence-corrected chi connectivity index (χ2v) is 7.35. The van der Waals surface area contributed by atoms with Crippen LogP contribution in [-0.2, 0) is 12.7 Å². The average molecular weight is 424 g/mol. The van der Waals surface area contributed by atoms with Crippen molar-refractivity contribution in [2.45, 2.75) is 25.4 Å². The first-order valence-corrected chi connectivity index (χ1v) is 9.26. The number of nitro groups is 1. The molecule has 0 saturated carbocycles. The van der Waals surface area contributed by atoms with E-state index in [9.17, 15) is 23.3 Å². The molecule has 2 aliphatic rings. The minimum absolute atomic E-state index is 0.229. The van der Waals surface area contributed by atoms with Crippen LogP contribution >= 0.6 is 0 Å². The van der Waals surface area contributed by atoms with E-state index in [0.717, 1.165) is 12.1 Å². The molecule has 4 rings (SSSR count). The van der Waals surface area contributed by atoms with Gasteiger partial charge in [0.2, 0.25) is 0 Å². The summed E-state index contributed by atoms with van der Waals surface area (Å²) in [6.07, 6.45) is -1.45. The Hall–Kier alpha value is -3.15. The monoisotopic (exact) mass is 424 g/mol. The summed E-state index contributed by atoms with van der Waals surface area (Å²) in [7, 11) is 0. The largest absolute Gasteiger partial charge is 0.422 e. The lowest BCUT2D eigenvalue weighted by Crippen LogP contribution is -2.57. The van der Waals surface area contributed by atoms with Crippen LogP contribution in [0.1, 0.15) is 18.1 Å². The SMILES string of the molecule is C[C@@]1(N2CCN(/N=C/c3ccc(C(F)(F)F)cc3)CC2)Cn2cc([N+](=O)[O-])nc2O1. The van der Waals surface area contributed by atoms with E-state index in [1.807, 2.05) is 11.9 Å². The molecule has 1 saturated heterocycles. The van der Waals surface area contributed by atoms with Crippen molar-refractivity contribution in [3.05, 3.63) is 51.7 Å². The van der Waals surface area contributed by atoms with Crippen molar-refractivity contribution in [1.82, 2.24) is 19.5 Å². The molecule has 0 unspecified atom stereocenters. The number of fused-ring (bicyclic) bond motifs is 1. The number of hydrogen-bond donors (Lipinski definition) is 0. The van der Waals surface area contributed by atoms with E-state index in [2.05, 4.69) is 15.0 Å². The standard InChI is InChI=1S/C18H19F3N6O3/c1-17(12-24-11-15(27(28)29)23-16(24)30-17)25-6-8-26(9-7-25)22-10-13-2-4-14(5-3-13)18(19,20)21/h2-5,10-11H,6-9,12H2,1H3/b22-10+/t17-/m0/s1. The number of ether oxygens (including phenoxy) is 1. The second-order valence-electron chi connectivity index (χ2n) is 7.35. The molecule has 0 bridgehead atoms. The quantitative estimate of drug-likeness (QED) is 0.426. The number of aromatic nitrogens is 2. The van der Waals surface area contributed by atoms with Crippen molar-refractivity contribution in [2.24, 2.45) is 5.10 Å². The fraction of sp³-hybridized carbons (Fsp3) is 0.444. The summed E-state index contributed by atoms with van der Waals surface area (Å²) in [5.41, 5.74) is -0.757. The van der Waals surface area contributed by atoms with Gasteiger partial charge in [-0.05, 0) is 29.5 Å². The summed E-state index contributed by atoms with van der Waals surface area (Å²) in [5.74, 6) is -0.241. The Labute approximate surface area is 169 Å². The fourth-order valence-corrected chi connectivity index (χ4v) is 3.57. The maximum absolute atomic E-state index is 12.6. The molecule has 0 N–H and O–H groups in total. The number of hydrazone groups is 1. The number of benzene rings is 1. The number of rotatable bonds is 4. The molecule has 0 spiro atoms. The Morgan fingerprint density at radius 1 is 1.23 bits per heavy atom. The number of piperazine rings is 1. The molecule has 30 heavy (non-hydrogen) atoms. The Balaban J connectivity index is 1.32. The smallest absolute Gasteiger partial charge is 0.416 e. The van der Waals surface area contributed by atoms with E-state index in [4.69, 9.17) is 4.74 Å². The number of imidazole rings is 1. The molecule has 2 aromatic rings. The van der Waals surface area contributed by atoms with Crippen molar-refractivity contribution in [1.29, 1.82) is 0 Å². The predicted octanol–water partition coefficient (Wildman–Crippen LogP) is 2.57. The molecule has 3 heterocycles. The highest BCUT2D eigenvalue weighted by atomic mass is 19.4. The first-order chi connectivity index (χ1) is 14.1. The lowest BCUT2D eigenvalue weighted by molar-refractivity contribution is -0.389. The molecule has 1 atom stereocenters. The molecule has 0 amide bonds. The maximum atomic E-state index is 12.6. The Morgan fingerprint density at radius 2 is 1.90 bits per heavy atom. The molecule has 1 aromatic heterocycles. The minimum atomic E-state index is -4.36. The summed E-state index contributed by atoms with van der Waals surface area (Å²) >= 11 is 0. The van der Waals surface area contributed by atoms with Gasteiger partial charge in [0, 0.05) is 31.2 Å². The zero-order valence-electron chi connectivity index (χ0n) is 16.0. The van der Waals surface area contributed by atoms with Crippen LogP contribution in [0.25, 0.3) is 0 Å². The van der Waals surface area contributed by atoms with Gasteiger partial charge in [-0.3, -0.25) is 14.5 Å². The van der Waals surface area contributed by atoms with Gasteiger partial charge in [0.05, 0.1) is 18.3 Å². The fourth-order valence-electron chi connectivity index (χ4n) is 3.57. The lowest BCUT2D eigenvalue weighted by atomic mass is 10.1. The molecule has 160 valence electrons. The third-order valence-corrected chi connectivity index (χ3v) is 5.22. The molecule has 9 nitrogen and oxygen atoms in total. The summed E-state index contributed by atoms with van der Waals surface area (Å²) in [5, 5.41) is 17.0. The highest BCUT2D eigenvalue weighted by molar-refractivity contribution is 5.79. The van der Waals surface area contributed by atoms with Gasteiger partial charge in [-0.2, -0.15) is 18.3 Å². The minimum Gasteiger partial charge on any atom is -0.422 e. The van der Waals surface area contributed by atoms with Gasteiger partial charge in [-0.15, -0.1) is 0 Å². The number of alkyl halides is 3. The van der Waals surface area contributed by atoms with Crippen molar-refractivity contribution < 1.29 is 22.8 Å². The predicted molar refractivity (Wildman–Crippen MR) is 100 cm³/mol.